The van der Waals surface area contributed by atoms with E-state index in [0.717, 1.165) is 60.7 Å². The van der Waals surface area contributed by atoms with Gasteiger partial charge in [-0.25, -0.2) is 0 Å². The molecule has 0 N–H and O–H groups in total. The van der Waals surface area contributed by atoms with Gasteiger partial charge >= 0.3 is 24.3 Å². The summed E-state index contributed by atoms with van der Waals surface area (Å²) in [6.45, 7) is 2.77. The van der Waals surface area contributed by atoms with Crippen molar-refractivity contribution in [3.8, 4) is 0 Å². The van der Waals surface area contributed by atoms with Gasteiger partial charge in [0.1, 0.15) is 12.2 Å². The topological polar surface area (TPSA) is 148 Å². The molecule has 0 aromatic heterocycles. The molecule has 2 aromatic rings. The van der Waals surface area contributed by atoms with Gasteiger partial charge in [-0.1, -0.05) is 59.6 Å². The highest BCUT2D eigenvalue weighted by Crippen LogP contribution is 2.53. The molecule has 0 fully saturated rings. The largest absolute Gasteiger partial charge is 0.465 e. The minimum atomic E-state index is -5.08. The molecule has 0 amide bonds. The molecular weight excluding hydrogens is 829 g/mol. The Morgan fingerprint density at radius 3 is 1.36 bits per heavy atom. The summed E-state index contributed by atoms with van der Waals surface area (Å²) in [5, 5.41) is 24.7. The third-order valence-corrected chi connectivity index (χ3v) is 11.5. The first-order chi connectivity index (χ1) is 25.8. The number of halogens is 8. The SMILES string of the molecule is CCOC(=O)CSC1=C(Cl)C(OC2C=CC(c3ccccc3C(F)(F)F)([N+](=O)[O-])C(SCC(=O)OCC)=C2Cl)C=CC1(c1ccccc1C(F)(F)F)[N+](=O)[O-]. The molecule has 0 radical (unpaired) electrons. The van der Waals surface area contributed by atoms with Gasteiger partial charge in [0.15, 0.2) is 0 Å². The van der Waals surface area contributed by atoms with E-state index in [0.29, 0.717) is 35.7 Å². The Balaban J connectivity index is 1.90. The molecule has 0 spiro atoms. The lowest BCUT2D eigenvalue weighted by Gasteiger charge is -2.35. The van der Waals surface area contributed by atoms with Crippen molar-refractivity contribution >= 4 is 58.7 Å². The molecule has 0 bridgehead atoms. The average molecular weight is 858 g/mol. The van der Waals surface area contributed by atoms with E-state index in [1.807, 2.05) is 0 Å². The molecule has 2 aliphatic carbocycles. The number of ether oxygens (including phenoxy) is 3. The van der Waals surface area contributed by atoms with Crippen molar-refractivity contribution in [1.82, 2.24) is 0 Å². The van der Waals surface area contributed by atoms with Crippen molar-refractivity contribution in [3.05, 3.63) is 135 Å². The van der Waals surface area contributed by atoms with Crippen LogP contribution in [0.1, 0.15) is 36.1 Å². The van der Waals surface area contributed by atoms with Crippen LogP contribution in [0.2, 0.25) is 0 Å². The van der Waals surface area contributed by atoms with Crippen molar-refractivity contribution in [1.29, 1.82) is 0 Å². The summed E-state index contributed by atoms with van der Waals surface area (Å²) in [4.78, 5) is 47.4. The van der Waals surface area contributed by atoms with E-state index in [9.17, 15) is 56.2 Å². The van der Waals surface area contributed by atoms with Crippen LogP contribution in [0.15, 0.2) is 92.7 Å². The van der Waals surface area contributed by atoms with Gasteiger partial charge in [0.2, 0.25) is 0 Å². The molecule has 11 nitrogen and oxygen atoms in total. The molecule has 2 aliphatic rings. The van der Waals surface area contributed by atoms with Crippen molar-refractivity contribution in [2.45, 2.75) is 49.5 Å². The number of esters is 2. The number of nitrogens with zero attached hydrogens (tertiary/aromatic N) is 2. The summed E-state index contributed by atoms with van der Waals surface area (Å²) in [7, 11) is 0. The molecule has 4 rings (SSSR count). The standard InChI is InChI=1S/C34H28Cl2F6N2O9S2/c1-3-51-25(45)17-54-29-27(35)23(13-15-31(29,43(47)48)19-9-5-7-11-21(19)33(37,38)39)53-24-14-16-32(44(49)50,20-10-6-8-12-22(20)34(40,41)42)30(28(24)36)55-18-26(46)52-4-2/h5-16,23-24H,3-4,17-18H2,1-2H3. The molecule has 2 aromatic carbocycles. The van der Waals surface area contributed by atoms with Crippen LogP contribution in [0.3, 0.4) is 0 Å². The average Bonchev–Trinajstić information content (AvgIpc) is 3.11. The van der Waals surface area contributed by atoms with Gasteiger partial charge in [0, 0.05) is 22.0 Å². The lowest BCUT2D eigenvalue weighted by molar-refractivity contribution is -0.550. The number of rotatable bonds is 14. The molecule has 55 heavy (non-hydrogen) atoms. The molecule has 4 atom stereocenters. The number of thioether (sulfide) groups is 2. The third kappa shape index (κ3) is 8.85. The molecule has 0 saturated carbocycles. The Hall–Kier alpha value is -4.04. The maximum atomic E-state index is 14.3. The lowest BCUT2D eigenvalue weighted by atomic mass is 9.82. The summed E-state index contributed by atoms with van der Waals surface area (Å²) in [5.74, 6) is -3.08. The number of carbonyl (C=O) groups is 2. The van der Waals surface area contributed by atoms with E-state index in [1.54, 1.807) is 0 Å². The fourth-order valence-electron chi connectivity index (χ4n) is 5.82. The number of nitro groups is 2. The molecule has 4 unspecified atom stereocenters. The zero-order valence-electron chi connectivity index (χ0n) is 28.3. The molecule has 0 heterocycles. The summed E-state index contributed by atoms with van der Waals surface area (Å²) in [5.41, 5.74) is -10.1. The van der Waals surface area contributed by atoms with Crippen LogP contribution < -0.4 is 0 Å². The zero-order chi connectivity index (χ0) is 40.9. The second-order valence-corrected chi connectivity index (χ2v) is 14.2. The first kappa shape index (κ1) is 43.7. The Morgan fingerprint density at radius 2 is 1.05 bits per heavy atom. The maximum Gasteiger partial charge on any atom is 0.416 e. The van der Waals surface area contributed by atoms with Crippen LogP contribution in [0.5, 0.6) is 0 Å². The fourth-order valence-corrected chi connectivity index (χ4v) is 8.83. The number of alkyl halides is 6. The third-order valence-electron chi connectivity index (χ3n) is 8.08. The van der Waals surface area contributed by atoms with E-state index >= 15 is 0 Å². The molecule has 296 valence electrons. The Labute approximate surface area is 327 Å². The molecule has 21 heteroatoms. The van der Waals surface area contributed by atoms with Gasteiger partial charge in [0.25, 0.3) is 11.1 Å². The van der Waals surface area contributed by atoms with Gasteiger partial charge in [-0.2, -0.15) is 26.3 Å². The lowest BCUT2D eigenvalue weighted by Crippen LogP contribution is -2.42. The van der Waals surface area contributed by atoms with E-state index in [-0.39, 0.29) is 13.2 Å². The van der Waals surface area contributed by atoms with Crippen LogP contribution in [0.4, 0.5) is 26.3 Å². The number of carbonyl (C=O) groups excluding carboxylic acids is 2. The van der Waals surface area contributed by atoms with Crippen LogP contribution in [-0.2, 0) is 47.2 Å². The fraction of sp³-hybridized carbons (Fsp3) is 0.353. The predicted molar refractivity (Wildman–Crippen MR) is 191 cm³/mol. The van der Waals surface area contributed by atoms with Crippen molar-refractivity contribution in [3.63, 3.8) is 0 Å². The smallest absolute Gasteiger partial charge is 0.416 e. The highest BCUT2D eigenvalue weighted by atomic mass is 35.5. The van der Waals surface area contributed by atoms with Crippen molar-refractivity contribution in [2.75, 3.05) is 24.7 Å². The van der Waals surface area contributed by atoms with E-state index < -0.39 is 111 Å². The van der Waals surface area contributed by atoms with Crippen LogP contribution in [0.25, 0.3) is 0 Å². The monoisotopic (exact) mass is 856 g/mol. The van der Waals surface area contributed by atoms with Crippen LogP contribution in [0, 0.1) is 20.2 Å². The predicted octanol–water partition coefficient (Wildman–Crippen LogP) is 8.76. The number of hydrogen-bond donors (Lipinski definition) is 0. The van der Waals surface area contributed by atoms with Gasteiger partial charge in [-0.15, -0.1) is 23.5 Å². The van der Waals surface area contributed by atoms with E-state index in [4.69, 9.17) is 37.4 Å². The summed E-state index contributed by atoms with van der Waals surface area (Å²) in [6.07, 6.45) is -9.89. The highest BCUT2D eigenvalue weighted by molar-refractivity contribution is 8.04. The minimum Gasteiger partial charge on any atom is -0.465 e. The van der Waals surface area contributed by atoms with Gasteiger partial charge in [-0.05, 0) is 38.1 Å². The Kier molecular flexibility index (Phi) is 13.8. The summed E-state index contributed by atoms with van der Waals surface area (Å²) in [6, 6.07) is 7.33. The van der Waals surface area contributed by atoms with E-state index in [1.165, 1.54) is 13.8 Å². The van der Waals surface area contributed by atoms with Crippen molar-refractivity contribution in [2.24, 2.45) is 0 Å². The van der Waals surface area contributed by atoms with Crippen LogP contribution >= 0.6 is 46.7 Å². The molecule has 0 aliphatic heterocycles. The normalized spacial score (nSPS) is 22.8. The van der Waals surface area contributed by atoms with Gasteiger partial charge in [-0.3, -0.25) is 29.8 Å². The summed E-state index contributed by atoms with van der Waals surface area (Å²) < 4.78 is 101. The minimum absolute atomic E-state index is 0.0937. The molecular formula is C34H28Cl2F6N2O9S2. The zero-order valence-corrected chi connectivity index (χ0v) is 31.5. The second-order valence-electron chi connectivity index (χ2n) is 11.4. The highest BCUT2D eigenvalue weighted by Gasteiger charge is 2.57. The maximum absolute atomic E-state index is 14.3. The van der Waals surface area contributed by atoms with Gasteiger partial charge in [0.05, 0.1) is 66.8 Å². The Bertz CT molecular complexity index is 1840. The Morgan fingerprint density at radius 1 is 0.709 bits per heavy atom. The van der Waals surface area contributed by atoms with Gasteiger partial charge < -0.3 is 14.2 Å². The van der Waals surface area contributed by atoms with Crippen LogP contribution in [-0.4, -0.2) is 58.7 Å². The van der Waals surface area contributed by atoms with E-state index in [2.05, 4.69) is 0 Å². The van der Waals surface area contributed by atoms with Crippen molar-refractivity contribution < 1.29 is 60.0 Å². The molecule has 0 saturated heterocycles. The first-order valence-corrected chi connectivity index (χ1v) is 18.5. The number of benzene rings is 2. The second kappa shape index (κ2) is 17.4. The number of hydrogen-bond acceptors (Lipinski definition) is 11. The quantitative estimate of drug-likeness (QED) is 0.0591. The summed E-state index contributed by atoms with van der Waals surface area (Å²) >= 11 is 14.3. The first-order valence-electron chi connectivity index (χ1n) is 15.8.